The number of fused-ring (bicyclic) bond motifs is 1. The minimum absolute atomic E-state index is 0.0899. The van der Waals surface area contributed by atoms with E-state index in [0.29, 0.717) is 30.1 Å². The Kier molecular flexibility index (Phi) is 8.17. The van der Waals surface area contributed by atoms with Gasteiger partial charge in [-0.25, -0.2) is 4.98 Å². The van der Waals surface area contributed by atoms with E-state index in [9.17, 15) is 14.4 Å². The monoisotopic (exact) mass is 469 g/mol. The number of hydrogen-bond donors (Lipinski definition) is 1. The van der Waals surface area contributed by atoms with Gasteiger partial charge in [-0.15, -0.1) is 0 Å². The van der Waals surface area contributed by atoms with Crippen LogP contribution in [0.2, 0.25) is 0 Å². The number of likely N-dealkylation sites (N-methyl/N-ethyl adjacent to an activating group) is 1. The molecule has 0 unspecified atom stereocenters. The number of benzene rings is 1. The van der Waals surface area contributed by atoms with Crippen molar-refractivity contribution in [2.75, 3.05) is 39.2 Å². The Bertz CT molecular complexity index is 1030. The Labute approximate surface area is 199 Å². The number of carbonyl (C=O) groups excluding carboxylic acids is 3. The molecule has 1 aliphatic heterocycles. The second-order valence-corrected chi connectivity index (χ2v) is 8.54. The maximum atomic E-state index is 13.3. The predicted molar refractivity (Wildman–Crippen MR) is 126 cm³/mol. The molecule has 0 spiro atoms. The van der Waals surface area contributed by atoms with Crippen LogP contribution in [0.5, 0.6) is 5.75 Å². The summed E-state index contributed by atoms with van der Waals surface area (Å²) >= 11 is 0. The molecule has 0 radical (unpaired) electrons. The molecule has 1 N–H and O–H groups in total. The van der Waals surface area contributed by atoms with Gasteiger partial charge in [0.15, 0.2) is 0 Å². The molecule has 1 aliphatic rings. The first-order chi connectivity index (χ1) is 16.2. The molecule has 2 heterocycles. The van der Waals surface area contributed by atoms with Crippen LogP contribution in [0.25, 0.3) is 0 Å². The maximum Gasteiger partial charge on any atom is 0.274 e. The van der Waals surface area contributed by atoms with E-state index in [4.69, 9.17) is 9.47 Å². The molecule has 0 saturated heterocycles. The lowest BCUT2D eigenvalue weighted by atomic mass is 10.0. The molecular weight excluding hydrogens is 438 g/mol. The fourth-order valence-corrected chi connectivity index (χ4v) is 3.90. The van der Waals surface area contributed by atoms with Gasteiger partial charge in [0.2, 0.25) is 5.91 Å². The SMILES string of the molecule is CO[C@H]1CN(C)C(=O)c2cc(NC(C)=O)ccc2OC[C@@H](C)N(C(=O)c2cnccn2)C[C@@H]1C. The van der Waals surface area contributed by atoms with Gasteiger partial charge in [-0.2, -0.15) is 0 Å². The molecule has 0 saturated carbocycles. The Morgan fingerprint density at radius 1 is 1.21 bits per heavy atom. The van der Waals surface area contributed by atoms with Gasteiger partial charge in [0.1, 0.15) is 18.1 Å². The smallest absolute Gasteiger partial charge is 0.274 e. The molecule has 0 bridgehead atoms. The molecule has 34 heavy (non-hydrogen) atoms. The van der Waals surface area contributed by atoms with Crippen molar-refractivity contribution >= 4 is 23.4 Å². The van der Waals surface area contributed by atoms with E-state index in [0.717, 1.165) is 0 Å². The number of rotatable bonds is 3. The third kappa shape index (κ3) is 5.88. The van der Waals surface area contributed by atoms with Crippen LogP contribution in [-0.4, -0.2) is 83.5 Å². The number of carbonyl (C=O) groups is 3. The van der Waals surface area contributed by atoms with E-state index in [2.05, 4.69) is 15.3 Å². The third-order valence-corrected chi connectivity index (χ3v) is 5.81. The lowest BCUT2D eigenvalue weighted by Crippen LogP contribution is -2.48. The molecule has 182 valence electrons. The summed E-state index contributed by atoms with van der Waals surface area (Å²) in [5.74, 6) is -0.471. The number of ether oxygens (including phenoxy) is 2. The average molecular weight is 470 g/mol. The van der Waals surface area contributed by atoms with Gasteiger partial charge in [-0.3, -0.25) is 19.4 Å². The van der Waals surface area contributed by atoms with Crippen LogP contribution in [0, 0.1) is 5.92 Å². The van der Waals surface area contributed by atoms with Crippen molar-refractivity contribution in [2.45, 2.75) is 32.9 Å². The van der Waals surface area contributed by atoms with Gasteiger partial charge in [-0.1, -0.05) is 6.92 Å². The van der Waals surface area contributed by atoms with Gasteiger partial charge in [0.25, 0.3) is 11.8 Å². The van der Waals surface area contributed by atoms with Crippen molar-refractivity contribution < 1.29 is 23.9 Å². The summed E-state index contributed by atoms with van der Waals surface area (Å²) in [7, 11) is 3.28. The number of nitrogens with zero attached hydrogens (tertiary/aromatic N) is 4. The van der Waals surface area contributed by atoms with Crippen molar-refractivity contribution in [3.63, 3.8) is 0 Å². The summed E-state index contributed by atoms with van der Waals surface area (Å²) in [6.45, 7) is 6.11. The van der Waals surface area contributed by atoms with Crippen molar-refractivity contribution in [3.05, 3.63) is 48.0 Å². The summed E-state index contributed by atoms with van der Waals surface area (Å²) in [5.41, 5.74) is 1.05. The molecule has 0 fully saturated rings. The maximum absolute atomic E-state index is 13.3. The Balaban J connectivity index is 1.99. The molecule has 1 aromatic heterocycles. The minimum Gasteiger partial charge on any atom is -0.491 e. The molecule has 0 aliphatic carbocycles. The topological polar surface area (TPSA) is 114 Å². The second-order valence-electron chi connectivity index (χ2n) is 8.54. The van der Waals surface area contributed by atoms with E-state index < -0.39 is 0 Å². The van der Waals surface area contributed by atoms with Crippen LogP contribution in [0.3, 0.4) is 0 Å². The first-order valence-electron chi connectivity index (χ1n) is 11.1. The minimum atomic E-state index is -0.329. The number of amides is 3. The van der Waals surface area contributed by atoms with Crippen molar-refractivity contribution in [3.8, 4) is 5.75 Å². The van der Waals surface area contributed by atoms with E-state index in [-0.39, 0.29) is 48.1 Å². The van der Waals surface area contributed by atoms with Crippen molar-refractivity contribution in [2.24, 2.45) is 5.92 Å². The van der Waals surface area contributed by atoms with Gasteiger partial charge < -0.3 is 24.6 Å². The van der Waals surface area contributed by atoms with Crippen LogP contribution < -0.4 is 10.1 Å². The molecular formula is C24H31N5O5. The summed E-state index contributed by atoms with van der Waals surface area (Å²) in [5, 5.41) is 2.70. The number of nitrogens with one attached hydrogen (secondary N) is 1. The number of aromatic nitrogens is 2. The average Bonchev–Trinajstić information content (AvgIpc) is 2.83. The first kappa shape index (κ1) is 25.1. The zero-order chi connectivity index (χ0) is 24.8. The Morgan fingerprint density at radius 2 is 1.97 bits per heavy atom. The normalized spacial score (nSPS) is 21.6. The molecule has 10 nitrogen and oxygen atoms in total. The lowest BCUT2D eigenvalue weighted by molar-refractivity contribution is -0.114. The quantitative estimate of drug-likeness (QED) is 0.732. The first-order valence-corrected chi connectivity index (χ1v) is 11.1. The molecule has 10 heteroatoms. The van der Waals surface area contributed by atoms with Gasteiger partial charge in [-0.05, 0) is 25.1 Å². The van der Waals surface area contributed by atoms with Gasteiger partial charge in [0, 0.05) is 58.2 Å². The highest BCUT2D eigenvalue weighted by atomic mass is 16.5. The fraction of sp³-hybridized carbons (Fsp3) is 0.458. The van der Waals surface area contributed by atoms with Crippen LogP contribution in [0.1, 0.15) is 41.6 Å². The van der Waals surface area contributed by atoms with E-state index in [1.165, 1.54) is 25.5 Å². The van der Waals surface area contributed by atoms with Crippen molar-refractivity contribution in [1.29, 1.82) is 0 Å². The molecule has 1 aromatic carbocycles. The summed E-state index contributed by atoms with van der Waals surface area (Å²) in [6, 6.07) is 4.59. The molecule has 3 rings (SSSR count). The summed E-state index contributed by atoms with van der Waals surface area (Å²) < 4.78 is 11.7. The largest absolute Gasteiger partial charge is 0.491 e. The lowest BCUT2D eigenvalue weighted by Gasteiger charge is -2.35. The summed E-state index contributed by atoms with van der Waals surface area (Å²) in [6.07, 6.45) is 4.12. The Hall–Kier alpha value is -3.53. The van der Waals surface area contributed by atoms with E-state index in [1.807, 2.05) is 13.8 Å². The zero-order valence-electron chi connectivity index (χ0n) is 20.1. The second kappa shape index (κ2) is 11.1. The molecule has 2 aromatic rings. The number of hydrogen-bond acceptors (Lipinski definition) is 7. The van der Waals surface area contributed by atoms with Crippen LogP contribution in [0.15, 0.2) is 36.8 Å². The van der Waals surface area contributed by atoms with Gasteiger partial charge >= 0.3 is 0 Å². The Morgan fingerprint density at radius 3 is 2.62 bits per heavy atom. The standard InChI is InChI=1S/C24H31N5O5/c1-15-12-29(24(32)20-11-25-8-9-26-20)16(2)14-34-21-7-6-18(27-17(3)30)10-19(21)23(31)28(4)13-22(15)33-5/h6-11,15-16,22H,12-14H2,1-5H3,(H,27,30)/t15-,16+,22-/m0/s1. The van der Waals surface area contributed by atoms with E-state index >= 15 is 0 Å². The molecule has 3 amide bonds. The van der Waals surface area contributed by atoms with Crippen LogP contribution in [-0.2, 0) is 9.53 Å². The number of methoxy groups -OCH3 is 1. The predicted octanol–water partition coefficient (Wildman–Crippen LogP) is 2.08. The third-order valence-electron chi connectivity index (χ3n) is 5.81. The van der Waals surface area contributed by atoms with E-state index in [1.54, 1.807) is 42.2 Å². The highest BCUT2D eigenvalue weighted by Crippen LogP contribution is 2.26. The highest BCUT2D eigenvalue weighted by molar-refractivity contribution is 5.99. The van der Waals surface area contributed by atoms with Crippen LogP contribution in [0.4, 0.5) is 5.69 Å². The van der Waals surface area contributed by atoms with Crippen LogP contribution >= 0.6 is 0 Å². The van der Waals surface area contributed by atoms with Gasteiger partial charge in [0.05, 0.1) is 23.9 Å². The zero-order valence-corrected chi connectivity index (χ0v) is 20.1. The fourth-order valence-electron chi connectivity index (χ4n) is 3.90. The van der Waals surface area contributed by atoms with Crippen molar-refractivity contribution in [1.82, 2.24) is 19.8 Å². The highest BCUT2D eigenvalue weighted by Gasteiger charge is 2.31. The summed E-state index contributed by atoms with van der Waals surface area (Å²) in [4.78, 5) is 49.5. The number of anilines is 1. The molecule has 3 atom stereocenters.